The molecule has 2 aliphatic heterocycles. The highest BCUT2D eigenvalue weighted by Crippen LogP contribution is 2.18. The SMILES string of the molecule is Cc1cccc(OC2CCN(C(=O)CN3C(=O)CCC3=O)C2)n1. The van der Waals surface area contributed by atoms with E-state index < -0.39 is 0 Å². The van der Waals surface area contributed by atoms with E-state index in [1.54, 1.807) is 11.0 Å². The summed E-state index contributed by atoms with van der Waals surface area (Å²) in [6, 6.07) is 5.56. The van der Waals surface area contributed by atoms with Gasteiger partial charge in [-0.25, -0.2) is 4.98 Å². The van der Waals surface area contributed by atoms with E-state index in [0.29, 0.717) is 25.4 Å². The fourth-order valence-electron chi connectivity index (χ4n) is 2.84. The molecule has 3 amide bonds. The minimum atomic E-state index is -0.265. The molecule has 0 radical (unpaired) electrons. The lowest BCUT2D eigenvalue weighted by Crippen LogP contribution is -2.42. The maximum Gasteiger partial charge on any atom is 0.242 e. The third-order valence-corrected chi connectivity index (χ3v) is 4.10. The van der Waals surface area contributed by atoms with E-state index in [1.807, 2.05) is 19.1 Å². The number of pyridine rings is 1. The van der Waals surface area contributed by atoms with Gasteiger partial charge in [-0.1, -0.05) is 6.07 Å². The molecule has 0 aromatic carbocycles. The third kappa shape index (κ3) is 3.49. The first kappa shape index (κ1) is 15.5. The van der Waals surface area contributed by atoms with Crippen molar-refractivity contribution in [2.24, 2.45) is 0 Å². The lowest BCUT2D eigenvalue weighted by atomic mass is 10.3. The summed E-state index contributed by atoms with van der Waals surface area (Å²) in [4.78, 5) is 42.4. The van der Waals surface area contributed by atoms with E-state index >= 15 is 0 Å². The zero-order valence-electron chi connectivity index (χ0n) is 13.0. The number of ether oxygens (including phenoxy) is 1. The van der Waals surface area contributed by atoms with Crippen LogP contribution in [0.15, 0.2) is 18.2 Å². The maximum atomic E-state index is 12.3. The van der Waals surface area contributed by atoms with Crippen molar-refractivity contribution in [3.05, 3.63) is 23.9 Å². The molecule has 23 heavy (non-hydrogen) atoms. The predicted octanol–water partition coefficient (Wildman–Crippen LogP) is 0.519. The number of rotatable bonds is 4. The Hall–Kier alpha value is -2.44. The van der Waals surface area contributed by atoms with Gasteiger partial charge in [0.2, 0.25) is 23.6 Å². The summed E-state index contributed by atoms with van der Waals surface area (Å²) in [5.41, 5.74) is 0.875. The van der Waals surface area contributed by atoms with E-state index in [2.05, 4.69) is 4.98 Å². The molecule has 0 N–H and O–H groups in total. The number of nitrogens with zero attached hydrogens (tertiary/aromatic N) is 3. The van der Waals surface area contributed by atoms with Gasteiger partial charge in [0.25, 0.3) is 0 Å². The molecule has 3 heterocycles. The molecule has 0 saturated carbocycles. The van der Waals surface area contributed by atoms with Gasteiger partial charge in [0.05, 0.1) is 6.54 Å². The fraction of sp³-hybridized carbons (Fsp3) is 0.500. The van der Waals surface area contributed by atoms with Gasteiger partial charge in [-0.3, -0.25) is 19.3 Å². The molecule has 1 unspecified atom stereocenters. The van der Waals surface area contributed by atoms with Gasteiger partial charge in [0.15, 0.2) is 0 Å². The Labute approximate surface area is 134 Å². The molecule has 0 aliphatic carbocycles. The lowest BCUT2D eigenvalue weighted by Gasteiger charge is -2.20. The van der Waals surface area contributed by atoms with Crippen molar-refractivity contribution in [2.75, 3.05) is 19.6 Å². The van der Waals surface area contributed by atoms with Crippen LogP contribution in [-0.4, -0.2) is 58.2 Å². The molecule has 3 rings (SSSR count). The topological polar surface area (TPSA) is 79.8 Å². The van der Waals surface area contributed by atoms with E-state index in [9.17, 15) is 14.4 Å². The first-order valence-electron chi connectivity index (χ1n) is 7.74. The van der Waals surface area contributed by atoms with Gasteiger partial charge in [-0.05, 0) is 13.0 Å². The number of aryl methyl sites for hydroxylation is 1. The van der Waals surface area contributed by atoms with Gasteiger partial charge in [0, 0.05) is 37.6 Å². The van der Waals surface area contributed by atoms with E-state index in [-0.39, 0.29) is 43.2 Å². The van der Waals surface area contributed by atoms with Gasteiger partial charge in [-0.15, -0.1) is 0 Å². The maximum absolute atomic E-state index is 12.3. The van der Waals surface area contributed by atoms with Crippen molar-refractivity contribution in [1.82, 2.24) is 14.8 Å². The van der Waals surface area contributed by atoms with E-state index in [0.717, 1.165) is 10.6 Å². The Balaban J connectivity index is 1.54. The molecule has 0 spiro atoms. The summed E-state index contributed by atoms with van der Waals surface area (Å²) in [7, 11) is 0. The first-order valence-corrected chi connectivity index (χ1v) is 7.74. The number of amides is 3. The summed E-state index contributed by atoms with van der Waals surface area (Å²) in [6.07, 6.45) is 1.01. The largest absolute Gasteiger partial charge is 0.472 e. The number of carbonyl (C=O) groups is 3. The Morgan fingerprint density at radius 1 is 1.30 bits per heavy atom. The molecular formula is C16H19N3O4. The van der Waals surface area contributed by atoms with Crippen LogP contribution in [0.2, 0.25) is 0 Å². The fourth-order valence-corrected chi connectivity index (χ4v) is 2.84. The van der Waals surface area contributed by atoms with Crippen molar-refractivity contribution in [2.45, 2.75) is 32.3 Å². The average Bonchev–Trinajstić information content (AvgIpc) is 3.09. The molecule has 7 nitrogen and oxygen atoms in total. The number of hydrogen-bond donors (Lipinski definition) is 0. The van der Waals surface area contributed by atoms with Crippen LogP contribution in [0.1, 0.15) is 25.0 Å². The van der Waals surface area contributed by atoms with Crippen LogP contribution in [0.25, 0.3) is 0 Å². The van der Waals surface area contributed by atoms with Crippen LogP contribution in [0, 0.1) is 6.92 Å². The molecule has 122 valence electrons. The van der Waals surface area contributed by atoms with E-state index in [1.165, 1.54) is 0 Å². The van der Waals surface area contributed by atoms with Crippen molar-refractivity contribution < 1.29 is 19.1 Å². The van der Waals surface area contributed by atoms with E-state index in [4.69, 9.17) is 4.74 Å². The molecule has 2 aliphatic rings. The second-order valence-corrected chi connectivity index (χ2v) is 5.86. The highest BCUT2D eigenvalue weighted by Gasteiger charge is 2.34. The Bertz CT molecular complexity index is 630. The quantitative estimate of drug-likeness (QED) is 0.756. The highest BCUT2D eigenvalue weighted by molar-refractivity contribution is 6.04. The zero-order chi connectivity index (χ0) is 16.4. The standard InChI is InChI=1S/C16H19N3O4/c1-11-3-2-4-13(17-11)23-12-7-8-18(9-12)16(22)10-19-14(20)5-6-15(19)21/h2-4,12H,5-10H2,1H3. The Morgan fingerprint density at radius 2 is 2.04 bits per heavy atom. The Morgan fingerprint density at radius 3 is 2.74 bits per heavy atom. The van der Waals surface area contributed by atoms with Crippen LogP contribution >= 0.6 is 0 Å². The number of imide groups is 1. The summed E-state index contributed by atoms with van der Waals surface area (Å²) in [5, 5.41) is 0. The van der Waals surface area contributed by atoms with Gasteiger partial charge >= 0.3 is 0 Å². The molecule has 1 aromatic heterocycles. The molecule has 2 fully saturated rings. The zero-order valence-corrected chi connectivity index (χ0v) is 13.0. The van der Waals surface area contributed by atoms with Crippen molar-refractivity contribution >= 4 is 17.7 Å². The summed E-state index contributed by atoms with van der Waals surface area (Å²) < 4.78 is 5.80. The molecular weight excluding hydrogens is 298 g/mol. The molecule has 2 saturated heterocycles. The molecule has 7 heteroatoms. The van der Waals surface area contributed by atoms with Crippen molar-refractivity contribution in [3.8, 4) is 5.88 Å². The third-order valence-electron chi connectivity index (χ3n) is 4.10. The van der Waals surface area contributed by atoms with Crippen LogP contribution in [0.5, 0.6) is 5.88 Å². The molecule has 0 bridgehead atoms. The summed E-state index contributed by atoms with van der Waals surface area (Å²) >= 11 is 0. The van der Waals surface area contributed by atoms with Gasteiger partial charge in [-0.2, -0.15) is 0 Å². The predicted molar refractivity (Wildman–Crippen MR) is 80.5 cm³/mol. The second-order valence-electron chi connectivity index (χ2n) is 5.86. The van der Waals surface area contributed by atoms with Crippen molar-refractivity contribution in [1.29, 1.82) is 0 Å². The minimum absolute atomic E-state index is 0.113. The Kier molecular flexibility index (Phi) is 4.27. The lowest BCUT2D eigenvalue weighted by molar-refractivity contribution is -0.145. The van der Waals surface area contributed by atoms with Crippen LogP contribution < -0.4 is 4.74 Å². The summed E-state index contributed by atoms with van der Waals surface area (Å²) in [5.74, 6) is -0.190. The number of carbonyl (C=O) groups excluding carboxylic acids is 3. The molecule has 1 aromatic rings. The number of hydrogen-bond acceptors (Lipinski definition) is 5. The average molecular weight is 317 g/mol. The van der Waals surface area contributed by atoms with Crippen molar-refractivity contribution in [3.63, 3.8) is 0 Å². The summed E-state index contributed by atoms with van der Waals surface area (Å²) in [6.45, 7) is 2.74. The highest BCUT2D eigenvalue weighted by atomic mass is 16.5. The molecule has 1 atom stereocenters. The number of aromatic nitrogens is 1. The van der Waals surface area contributed by atoms with Crippen LogP contribution in [0.3, 0.4) is 0 Å². The monoisotopic (exact) mass is 317 g/mol. The van der Waals surface area contributed by atoms with Crippen LogP contribution in [-0.2, 0) is 14.4 Å². The normalized spacial score (nSPS) is 21.2. The van der Waals surface area contributed by atoms with Gasteiger partial charge < -0.3 is 9.64 Å². The number of likely N-dealkylation sites (tertiary alicyclic amines) is 2. The van der Waals surface area contributed by atoms with Crippen LogP contribution in [0.4, 0.5) is 0 Å². The minimum Gasteiger partial charge on any atom is -0.472 e. The second kappa shape index (κ2) is 6.36. The van der Waals surface area contributed by atoms with Gasteiger partial charge in [0.1, 0.15) is 12.6 Å². The smallest absolute Gasteiger partial charge is 0.242 e. The first-order chi connectivity index (χ1) is 11.0.